The zero-order chi connectivity index (χ0) is 20.0. The number of ether oxygens (including phenoxy) is 2. The van der Waals surface area contributed by atoms with Gasteiger partial charge in [-0.15, -0.1) is 0 Å². The van der Waals surface area contributed by atoms with E-state index >= 15 is 0 Å². The van der Waals surface area contributed by atoms with Gasteiger partial charge in [0.05, 0.1) is 19.9 Å². The van der Waals surface area contributed by atoms with Crippen molar-refractivity contribution < 1.29 is 19.1 Å². The summed E-state index contributed by atoms with van der Waals surface area (Å²) in [5, 5.41) is 12.2. The molecule has 150 valence electrons. The van der Waals surface area contributed by atoms with Crippen LogP contribution in [0.3, 0.4) is 0 Å². The van der Waals surface area contributed by atoms with Gasteiger partial charge in [0.1, 0.15) is 23.6 Å². The Hall–Kier alpha value is -2.32. The van der Waals surface area contributed by atoms with Gasteiger partial charge in [-0.2, -0.15) is 0 Å². The van der Waals surface area contributed by atoms with Gasteiger partial charge in [0.2, 0.25) is 11.8 Å². The first kappa shape index (κ1) is 21.0. The molecular weight excluding hydrogens is 348 g/mol. The summed E-state index contributed by atoms with van der Waals surface area (Å²) in [6.45, 7) is 6.51. The molecule has 8 nitrogen and oxygen atoms in total. The van der Waals surface area contributed by atoms with Crippen LogP contribution in [-0.4, -0.2) is 56.7 Å². The maximum Gasteiger partial charge on any atom is 0.243 e. The lowest BCUT2D eigenvalue weighted by molar-refractivity contribution is -0.129. The summed E-state index contributed by atoms with van der Waals surface area (Å²) in [6, 6.07) is 3.85. The van der Waals surface area contributed by atoms with Crippen LogP contribution in [0, 0.1) is 0 Å². The molecule has 1 fully saturated rings. The van der Waals surface area contributed by atoms with E-state index < -0.39 is 12.1 Å². The predicted molar refractivity (Wildman–Crippen MR) is 104 cm³/mol. The molecule has 1 heterocycles. The zero-order valence-corrected chi connectivity index (χ0v) is 16.6. The van der Waals surface area contributed by atoms with Crippen LogP contribution in [0.15, 0.2) is 18.2 Å². The van der Waals surface area contributed by atoms with Crippen LogP contribution in [-0.2, 0) is 9.59 Å². The molecule has 8 heteroatoms. The summed E-state index contributed by atoms with van der Waals surface area (Å²) < 4.78 is 10.5. The minimum atomic E-state index is -0.719. The van der Waals surface area contributed by atoms with E-state index in [2.05, 4.69) is 21.3 Å². The molecular formula is C19H30N4O4. The lowest BCUT2D eigenvalue weighted by Gasteiger charge is -2.39. The molecule has 1 aliphatic rings. The number of hydrogen-bond donors (Lipinski definition) is 4. The van der Waals surface area contributed by atoms with Crippen molar-refractivity contribution in [1.29, 1.82) is 0 Å². The molecule has 4 unspecified atom stereocenters. The Morgan fingerprint density at radius 1 is 1.04 bits per heavy atom. The molecule has 1 aromatic rings. The quantitative estimate of drug-likeness (QED) is 0.562. The topological polar surface area (TPSA) is 101 Å². The SMILES string of the molecule is CCCNC(=O)C1NC(C)C(C)NC1C(=O)Nc1cc(OC)ccc1OC. The summed E-state index contributed by atoms with van der Waals surface area (Å²) >= 11 is 0. The van der Waals surface area contributed by atoms with Crippen molar-refractivity contribution in [2.75, 3.05) is 26.1 Å². The Morgan fingerprint density at radius 2 is 1.67 bits per heavy atom. The van der Waals surface area contributed by atoms with E-state index in [0.29, 0.717) is 23.7 Å². The monoisotopic (exact) mass is 378 g/mol. The van der Waals surface area contributed by atoms with Gasteiger partial charge in [-0.25, -0.2) is 0 Å². The van der Waals surface area contributed by atoms with Crippen molar-refractivity contribution in [3.8, 4) is 11.5 Å². The fourth-order valence-corrected chi connectivity index (χ4v) is 2.98. The number of carbonyl (C=O) groups is 2. The number of piperazine rings is 1. The first-order valence-corrected chi connectivity index (χ1v) is 9.24. The summed E-state index contributed by atoms with van der Waals surface area (Å²) in [4.78, 5) is 25.5. The first-order chi connectivity index (χ1) is 12.9. The third kappa shape index (κ3) is 5.11. The molecule has 1 aliphatic heterocycles. The zero-order valence-electron chi connectivity index (χ0n) is 16.6. The highest BCUT2D eigenvalue weighted by Crippen LogP contribution is 2.29. The summed E-state index contributed by atoms with van der Waals surface area (Å²) in [5.41, 5.74) is 0.489. The number of nitrogens with one attached hydrogen (secondary N) is 4. The van der Waals surface area contributed by atoms with E-state index in [4.69, 9.17) is 9.47 Å². The van der Waals surface area contributed by atoms with E-state index in [0.717, 1.165) is 6.42 Å². The largest absolute Gasteiger partial charge is 0.497 e. The van der Waals surface area contributed by atoms with E-state index in [1.165, 1.54) is 7.11 Å². The van der Waals surface area contributed by atoms with Gasteiger partial charge in [0, 0.05) is 24.7 Å². The molecule has 27 heavy (non-hydrogen) atoms. The second-order valence-electron chi connectivity index (χ2n) is 6.71. The van der Waals surface area contributed by atoms with Crippen LogP contribution < -0.4 is 30.7 Å². The maximum absolute atomic E-state index is 13.0. The van der Waals surface area contributed by atoms with E-state index in [1.807, 2.05) is 20.8 Å². The minimum absolute atomic E-state index is 0.0307. The van der Waals surface area contributed by atoms with Gasteiger partial charge in [0.15, 0.2) is 0 Å². The molecule has 0 saturated carbocycles. The third-order valence-corrected chi connectivity index (χ3v) is 4.75. The minimum Gasteiger partial charge on any atom is -0.497 e. The van der Waals surface area contributed by atoms with Crippen molar-refractivity contribution in [2.45, 2.75) is 51.4 Å². The van der Waals surface area contributed by atoms with Crippen molar-refractivity contribution in [2.24, 2.45) is 0 Å². The van der Waals surface area contributed by atoms with Crippen LogP contribution in [0.4, 0.5) is 5.69 Å². The lowest BCUT2D eigenvalue weighted by atomic mass is 9.96. The molecule has 1 saturated heterocycles. The number of carbonyl (C=O) groups excluding carboxylic acids is 2. The molecule has 0 spiro atoms. The molecule has 0 aromatic heterocycles. The second kappa shape index (κ2) is 9.57. The highest BCUT2D eigenvalue weighted by Gasteiger charge is 2.40. The third-order valence-electron chi connectivity index (χ3n) is 4.75. The van der Waals surface area contributed by atoms with Crippen LogP contribution >= 0.6 is 0 Å². The van der Waals surface area contributed by atoms with Crippen LogP contribution in [0.1, 0.15) is 27.2 Å². The second-order valence-corrected chi connectivity index (χ2v) is 6.71. The van der Waals surface area contributed by atoms with E-state index in [9.17, 15) is 9.59 Å². The van der Waals surface area contributed by atoms with Gasteiger partial charge in [0.25, 0.3) is 0 Å². The van der Waals surface area contributed by atoms with Crippen molar-refractivity contribution in [3.05, 3.63) is 18.2 Å². The number of rotatable bonds is 7. The predicted octanol–water partition coefficient (Wildman–Crippen LogP) is 0.876. The van der Waals surface area contributed by atoms with Crippen LogP contribution in [0.2, 0.25) is 0 Å². The van der Waals surface area contributed by atoms with E-state index in [1.54, 1.807) is 25.3 Å². The number of benzene rings is 1. The number of amides is 2. The summed E-state index contributed by atoms with van der Waals surface area (Å²) in [7, 11) is 3.08. The van der Waals surface area contributed by atoms with Gasteiger partial charge >= 0.3 is 0 Å². The maximum atomic E-state index is 13.0. The Morgan fingerprint density at radius 3 is 2.22 bits per heavy atom. The molecule has 0 aliphatic carbocycles. The fraction of sp³-hybridized carbons (Fsp3) is 0.579. The first-order valence-electron chi connectivity index (χ1n) is 9.24. The highest BCUT2D eigenvalue weighted by atomic mass is 16.5. The Bertz CT molecular complexity index is 667. The van der Waals surface area contributed by atoms with Crippen molar-refractivity contribution in [3.63, 3.8) is 0 Å². The van der Waals surface area contributed by atoms with Crippen LogP contribution in [0.5, 0.6) is 11.5 Å². The summed E-state index contributed by atoms with van der Waals surface area (Å²) in [6.07, 6.45) is 0.829. The van der Waals surface area contributed by atoms with Crippen LogP contribution in [0.25, 0.3) is 0 Å². The summed E-state index contributed by atoms with van der Waals surface area (Å²) in [5.74, 6) is 0.603. The number of hydrogen-bond acceptors (Lipinski definition) is 6. The standard InChI is InChI=1S/C19H30N4O4/c1-6-9-20-18(24)16-17(22-12(3)11(2)21-16)19(25)23-14-10-13(26-4)7-8-15(14)27-5/h7-8,10-12,16-17,21-22H,6,9H2,1-5H3,(H,20,24)(H,23,25). The van der Waals surface area contributed by atoms with Gasteiger partial charge in [-0.3, -0.25) is 9.59 Å². The molecule has 0 radical (unpaired) electrons. The lowest BCUT2D eigenvalue weighted by Crippen LogP contribution is -2.71. The Labute approximate surface area is 160 Å². The van der Waals surface area contributed by atoms with Crippen molar-refractivity contribution in [1.82, 2.24) is 16.0 Å². The van der Waals surface area contributed by atoms with E-state index in [-0.39, 0.29) is 23.9 Å². The van der Waals surface area contributed by atoms with Gasteiger partial charge in [-0.05, 0) is 32.4 Å². The molecule has 2 rings (SSSR count). The molecule has 1 aromatic carbocycles. The normalized spacial score (nSPS) is 24.8. The Kier molecular flexibility index (Phi) is 7.44. The smallest absolute Gasteiger partial charge is 0.243 e. The Balaban J connectivity index is 2.21. The fourth-order valence-electron chi connectivity index (χ4n) is 2.98. The van der Waals surface area contributed by atoms with Gasteiger partial charge < -0.3 is 30.7 Å². The number of methoxy groups -OCH3 is 2. The van der Waals surface area contributed by atoms with Crippen molar-refractivity contribution >= 4 is 17.5 Å². The average Bonchev–Trinajstić information content (AvgIpc) is 2.67. The molecule has 2 amide bonds. The highest BCUT2D eigenvalue weighted by molar-refractivity contribution is 6.01. The molecule has 0 bridgehead atoms. The molecule has 4 atom stereocenters. The molecule has 4 N–H and O–H groups in total. The average molecular weight is 378 g/mol. The van der Waals surface area contributed by atoms with Gasteiger partial charge in [-0.1, -0.05) is 6.92 Å². The number of anilines is 1.